The fourth-order valence-corrected chi connectivity index (χ4v) is 1.97. The molecule has 0 aliphatic heterocycles. The van der Waals surface area contributed by atoms with Gasteiger partial charge in [-0.25, -0.2) is 0 Å². The lowest BCUT2D eigenvalue weighted by molar-refractivity contribution is 0.0932. The van der Waals surface area contributed by atoms with Gasteiger partial charge in [0.15, 0.2) is 5.82 Å². The second-order valence-corrected chi connectivity index (χ2v) is 4.98. The van der Waals surface area contributed by atoms with Crippen molar-refractivity contribution in [3.8, 4) is 0 Å². The minimum absolute atomic E-state index is 0.141. The smallest absolute Gasteiger partial charge is 0.253 e. The Balaban J connectivity index is 1.68. The first kappa shape index (κ1) is 12.0. The van der Waals surface area contributed by atoms with Gasteiger partial charge in [-0.15, -0.1) is 0 Å². The van der Waals surface area contributed by atoms with Crippen LogP contribution in [0.1, 0.15) is 59.5 Å². The lowest BCUT2D eigenvalue weighted by atomic mass is 10.2. The van der Waals surface area contributed by atoms with Crippen molar-refractivity contribution in [1.29, 1.82) is 0 Å². The van der Waals surface area contributed by atoms with E-state index in [0.717, 1.165) is 24.4 Å². The van der Waals surface area contributed by atoms with Crippen LogP contribution in [-0.2, 0) is 0 Å². The average molecular weight is 260 g/mol. The van der Waals surface area contributed by atoms with Crippen LogP contribution in [0, 0.1) is 6.92 Å². The van der Waals surface area contributed by atoms with E-state index in [-0.39, 0.29) is 11.9 Å². The molecular weight excluding hydrogens is 244 g/mol. The Bertz CT molecular complexity index is 597. The minimum atomic E-state index is -0.290. The highest BCUT2D eigenvalue weighted by Crippen LogP contribution is 2.38. The van der Waals surface area contributed by atoms with Crippen molar-refractivity contribution in [2.24, 2.45) is 0 Å². The van der Waals surface area contributed by atoms with E-state index in [9.17, 15) is 4.79 Å². The fraction of sp³-hybridized carbons (Fsp3) is 0.462. The third-order valence-corrected chi connectivity index (χ3v) is 3.32. The van der Waals surface area contributed by atoms with Crippen molar-refractivity contribution < 1.29 is 9.32 Å². The maximum Gasteiger partial charge on any atom is 0.253 e. The zero-order valence-electron chi connectivity index (χ0n) is 10.9. The number of aryl methyl sites for hydroxylation is 1. The van der Waals surface area contributed by atoms with Gasteiger partial charge in [0.25, 0.3) is 5.91 Å². The number of carbonyl (C=O) groups excluding carboxylic acids is 1. The highest BCUT2D eigenvalue weighted by atomic mass is 16.5. The topological polar surface area (TPSA) is 83.8 Å². The summed E-state index contributed by atoms with van der Waals surface area (Å²) in [6.45, 7) is 3.70. The molecule has 2 heterocycles. The van der Waals surface area contributed by atoms with Gasteiger partial charge in [-0.05, 0) is 32.8 Å². The second-order valence-electron chi connectivity index (χ2n) is 4.98. The monoisotopic (exact) mass is 260 g/mol. The molecule has 0 saturated heterocycles. The van der Waals surface area contributed by atoms with Gasteiger partial charge in [-0.1, -0.05) is 5.16 Å². The molecule has 6 nitrogen and oxygen atoms in total. The van der Waals surface area contributed by atoms with Gasteiger partial charge in [0.05, 0.1) is 5.56 Å². The van der Waals surface area contributed by atoms with Crippen LogP contribution < -0.4 is 5.32 Å². The maximum absolute atomic E-state index is 12.0. The fourth-order valence-electron chi connectivity index (χ4n) is 1.97. The molecule has 1 amide bonds. The predicted molar refractivity (Wildman–Crippen MR) is 67.7 cm³/mol. The first-order valence-corrected chi connectivity index (χ1v) is 6.43. The summed E-state index contributed by atoms with van der Waals surface area (Å²) in [5.41, 5.74) is 1.47. The average Bonchev–Trinajstić information content (AvgIpc) is 2.95. The van der Waals surface area contributed by atoms with Crippen molar-refractivity contribution in [2.75, 3.05) is 0 Å². The molecule has 1 atom stereocenters. The number of hydrogen-bond donors (Lipinski definition) is 2. The van der Waals surface area contributed by atoms with Gasteiger partial charge in [0, 0.05) is 17.8 Å². The Morgan fingerprint density at radius 1 is 1.58 bits per heavy atom. The highest BCUT2D eigenvalue weighted by Gasteiger charge is 2.29. The molecule has 100 valence electrons. The molecule has 1 aliphatic rings. The largest absolute Gasteiger partial charge is 0.365 e. The summed E-state index contributed by atoms with van der Waals surface area (Å²) in [5.74, 6) is 1.53. The van der Waals surface area contributed by atoms with E-state index >= 15 is 0 Å². The molecule has 0 radical (unpaired) electrons. The Labute approximate surface area is 110 Å². The number of nitrogens with one attached hydrogen (secondary N) is 2. The number of aromatic amines is 1. The molecule has 0 aromatic carbocycles. The zero-order chi connectivity index (χ0) is 13.4. The van der Waals surface area contributed by atoms with Crippen molar-refractivity contribution in [2.45, 2.75) is 38.6 Å². The van der Waals surface area contributed by atoms with Crippen LogP contribution in [0.25, 0.3) is 0 Å². The van der Waals surface area contributed by atoms with Crippen LogP contribution in [0.2, 0.25) is 0 Å². The zero-order valence-corrected chi connectivity index (χ0v) is 10.9. The Morgan fingerprint density at radius 3 is 3.00 bits per heavy atom. The van der Waals surface area contributed by atoms with E-state index < -0.39 is 0 Å². The Morgan fingerprint density at radius 2 is 2.37 bits per heavy atom. The molecule has 1 aliphatic carbocycles. The van der Waals surface area contributed by atoms with Crippen LogP contribution in [0.3, 0.4) is 0 Å². The van der Waals surface area contributed by atoms with Gasteiger partial charge in [0.1, 0.15) is 6.04 Å². The number of amides is 1. The summed E-state index contributed by atoms with van der Waals surface area (Å²) in [6.07, 6.45) is 4.00. The SMILES string of the molecule is Cc1[nH]ccc1C(=O)N[C@H](C)c1nc(C2CC2)no1. The lowest BCUT2D eigenvalue weighted by Crippen LogP contribution is -2.27. The summed E-state index contributed by atoms with van der Waals surface area (Å²) in [6, 6.07) is 1.46. The number of H-pyrrole nitrogens is 1. The number of rotatable bonds is 4. The van der Waals surface area contributed by atoms with E-state index in [4.69, 9.17) is 4.52 Å². The molecule has 6 heteroatoms. The van der Waals surface area contributed by atoms with E-state index in [1.807, 2.05) is 13.8 Å². The minimum Gasteiger partial charge on any atom is -0.365 e. The standard InChI is InChI=1S/C13H16N4O2/c1-7-10(5-6-14-7)12(18)15-8(2)13-16-11(17-19-13)9-3-4-9/h5-6,8-9,14H,3-4H2,1-2H3,(H,15,18)/t8-/m1/s1. The molecule has 19 heavy (non-hydrogen) atoms. The molecule has 0 bridgehead atoms. The molecular formula is C13H16N4O2. The molecule has 2 aromatic heterocycles. The van der Waals surface area contributed by atoms with Gasteiger partial charge in [-0.3, -0.25) is 4.79 Å². The van der Waals surface area contributed by atoms with E-state index in [0.29, 0.717) is 17.4 Å². The molecule has 2 N–H and O–H groups in total. The van der Waals surface area contributed by atoms with Crippen molar-refractivity contribution in [3.05, 3.63) is 35.2 Å². The van der Waals surface area contributed by atoms with Crippen LogP contribution in [0.5, 0.6) is 0 Å². The summed E-state index contributed by atoms with van der Waals surface area (Å²) in [4.78, 5) is 19.3. The lowest BCUT2D eigenvalue weighted by Gasteiger charge is -2.09. The van der Waals surface area contributed by atoms with Gasteiger partial charge < -0.3 is 14.8 Å². The molecule has 2 aromatic rings. The molecule has 0 unspecified atom stereocenters. The van der Waals surface area contributed by atoms with Crippen molar-refractivity contribution in [1.82, 2.24) is 20.4 Å². The normalized spacial score (nSPS) is 16.3. The number of hydrogen-bond acceptors (Lipinski definition) is 4. The number of carbonyl (C=O) groups is 1. The highest BCUT2D eigenvalue weighted by molar-refractivity contribution is 5.95. The molecule has 1 fully saturated rings. The Hall–Kier alpha value is -2.11. The quantitative estimate of drug-likeness (QED) is 0.881. The van der Waals surface area contributed by atoms with E-state index in [1.54, 1.807) is 12.3 Å². The van der Waals surface area contributed by atoms with Gasteiger partial charge >= 0.3 is 0 Å². The van der Waals surface area contributed by atoms with Crippen molar-refractivity contribution in [3.63, 3.8) is 0 Å². The van der Waals surface area contributed by atoms with E-state index in [2.05, 4.69) is 20.4 Å². The Kier molecular flexibility index (Phi) is 2.85. The first-order valence-electron chi connectivity index (χ1n) is 6.43. The van der Waals surface area contributed by atoms with Crippen molar-refractivity contribution >= 4 is 5.91 Å². The van der Waals surface area contributed by atoms with Gasteiger partial charge in [-0.2, -0.15) is 4.98 Å². The van der Waals surface area contributed by atoms with Gasteiger partial charge in [0.2, 0.25) is 5.89 Å². The molecule has 3 rings (SSSR count). The third kappa shape index (κ3) is 2.38. The second kappa shape index (κ2) is 4.53. The summed E-state index contributed by atoms with van der Waals surface area (Å²) in [7, 11) is 0. The summed E-state index contributed by atoms with van der Waals surface area (Å²) < 4.78 is 5.19. The first-order chi connectivity index (χ1) is 9.15. The summed E-state index contributed by atoms with van der Waals surface area (Å²) >= 11 is 0. The molecule has 0 spiro atoms. The molecule has 1 saturated carbocycles. The van der Waals surface area contributed by atoms with E-state index in [1.165, 1.54) is 0 Å². The predicted octanol–water partition coefficient (Wildman–Crippen LogP) is 2.07. The van der Waals surface area contributed by atoms with Crippen LogP contribution in [-0.4, -0.2) is 21.0 Å². The van der Waals surface area contributed by atoms with Crippen LogP contribution in [0.15, 0.2) is 16.8 Å². The number of nitrogens with zero attached hydrogens (tertiary/aromatic N) is 2. The van der Waals surface area contributed by atoms with Crippen LogP contribution in [0.4, 0.5) is 0 Å². The summed E-state index contributed by atoms with van der Waals surface area (Å²) in [5, 5.41) is 6.80. The maximum atomic E-state index is 12.0. The third-order valence-electron chi connectivity index (χ3n) is 3.32. The number of aromatic nitrogens is 3. The van der Waals surface area contributed by atoms with Crippen LogP contribution >= 0.6 is 0 Å².